The Morgan fingerprint density at radius 1 is 0.960 bits per heavy atom. The zero-order valence-electron chi connectivity index (χ0n) is 15.0. The van der Waals surface area contributed by atoms with Crippen LogP contribution in [-0.4, -0.2) is 43.8 Å². The first kappa shape index (κ1) is 24.2. The summed E-state index contributed by atoms with van der Waals surface area (Å²) < 4.78 is 0.461. The normalized spacial score (nSPS) is 10.9. The SMILES string of the molecule is CN(CCO[N+](C)(C)Cc1ccccc1Cl)Cc1ccccc1.Cl.Cl. The minimum absolute atomic E-state index is 0. The Kier molecular flexibility index (Phi) is 11.4. The molecule has 0 saturated heterocycles. The molecule has 2 aromatic carbocycles. The fourth-order valence-corrected chi connectivity index (χ4v) is 2.70. The van der Waals surface area contributed by atoms with Crippen molar-refractivity contribution < 1.29 is 9.48 Å². The summed E-state index contributed by atoms with van der Waals surface area (Å²) in [5, 5.41) is 0.795. The molecule has 0 spiro atoms. The lowest BCUT2D eigenvalue weighted by molar-refractivity contribution is -1.09. The lowest BCUT2D eigenvalue weighted by atomic mass is 10.2. The van der Waals surface area contributed by atoms with Crippen LogP contribution in [0.4, 0.5) is 0 Å². The minimum atomic E-state index is 0. The number of benzene rings is 2. The third-order valence-electron chi connectivity index (χ3n) is 3.72. The van der Waals surface area contributed by atoms with Gasteiger partial charge in [-0.15, -0.1) is 24.8 Å². The smallest absolute Gasteiger partial charge is 0.135 e. The third-order valence-corrected chi connectivity index (χ3v) is 4.09. The van der Waals surface area contributed by atoms with E-state index in [0.717, 1.165) is 30.2 Å². The first-order chi connectivity index (χ1) is 11.0. The van der Waals surface area contributed by atoms with Crippen molar-refractivity contribution >= 4 is 36.4 Å². The highest BCUT2D eigenvalue weighted by Gasteiger charge is 2.19. The van der Waals surface area contributed by atoms with E-state index < -0.39 is 0 Å². The molecule has 0 amide bonds. The summed E-state index contributed by atoms with van der Waals surface area (Å²) in [6.45, 7) is 3.25. The van der Waals surface area contributed by atoms with Gasteiger partial charge >= 0.3 is 0 Å². The molecule has 0 N–H and O–H groups in total. The molecule has 0 aliphatic carbocycles. The molecule has 2 aromatic rings. The van der Waals surface area contributed by atoms with Crippen LogP contribution in [0.3, 0.4) is 0 Å². The molecule has 25 heavy (non-hydrogen) atoms. The Morgan fingerprint density at radius 3 is 2.20 bits per heavy atom. The highest BCUT2D eigenvalue weighted by molar-refractivity contribution is 6.31. The number of halogens is 3. The maximum Gasteiger partial charge on any atom is 0.135 e. The quantitative estimate of drug-likeness (QED) is 0.460. The average molecular weight is 407 g/mol. The fraction of sp³-hybridized carbons (Fsp3) is 0.368. The van der Waals surface area contributed by atoms with Crippen molar-refractivity contribution in [2.45, 2.75) is 13.1 Å². The highest BCUT2D eigenvalue weighted by Crippen LogP contribution is 2.19. The number of hydrogen-bond donors (Lipinski definition) is 0. The van der Waals surface area contributed by atoms with Gasteiger partial charge in [0.15, 0.2) is 0 Å². The molecule has 3 nitrogen and oxygen atoms in total. The van der Waals surface area contributed by atoms with E-state index in [1.165, 1.54) is 5.56 Å². The molecule has 0 aromatic heterocycles. The van der Waals surface area contributed by atoms with Crippen molar-refractivity contribution in [2.24, 2.45) is 0 Å². The summed E-state index contributed by atoms with van der Waals surface area (Å²) in [6, 6.07) is 18.4. The van der Waals surface area contributed by atoms with Crippen molar-refractivity contribution in [2.75, 3.05) is 34.3 Å². The second-order valence-corrected chi connectivity index (χ2v) is 6.79. The molecule has 0 aliphatic rings. The Balaban J connectivity index is 0.00000288. The van der Waals surface area contributed by atoms with E-state index in [9.17, 15) is 0 Å². The summed E-state index contributed by atoms with van der Waals surface area (Å²) in [6.07, 6.45) is 0. The van der Waals surface area contributed by atoms with Crippen molar-refractivity contribution in [1.82, 2.24) is 4.90 Å². The summed E-state index contributed by atoms with van der Waals surface area (Å²) >= 11 is 6.23. The lowest BCUT2D eigenvalue weighted by Crippen LogP contribution is -2.40. The van der Waals surface area contributed by atoms with Gasteiger partial charge in [0, 0.05) is 23.7 Å². The minimum Gasteiger partial charge on any atom is -0.300 e. The maximum atomic E-state index is 6.23. The largest absolute Gasteiger partial charge is 0.300 e. The van der Waals surface area contributed by atoms with Gasteiger partial charge in [-0.25, -0.2) is 4.84 Å². The van der Waals surface area contributed by atoms with Gasteiger partial charge in [0.05, 0.1) is 14.1 Å². The van der Waals surface area contributed by atoms with E-state index in [1.807, 2.05) is 30.3 Å². The molecule has 2 rings (SSSR count). The molecule has 0 atom stereocenters. The molecular weight excluding hydrogens is 379 g/mol. The van der Waals surface area contributed by atoms with E-state index in [-0.39, 0.29) is 24.8 Å². The van der Waals surface area contributed by atoms with Crippen LogP contribution in [0.25, 0.3) is 0 Å². The van der Waals surface area contributed by atoms with Crippen LogP contribution in [0.15, 0.2) is 54.6 Å². The molecule has 0 aliphatic heterocycles. The van der Waals surface area contributed by atoms with E-state index in [1.54, 1.807) is 0 Å². The molecule has 6 heteroatoms. The predicted octanol–water partition coefficient (Wildman–Crippen LogP) is 4.82. The highest BCUT2D eigenvalue weighted by atomic mass is 35.5. The van der Waals surface area contributed by atoms with Crippen LogP contribution in [0.1, 0.15) is 11.1 Å². The Morgan fingerprint density at radius 2 is 1.56 bits per heavy atom. The zero-order chi connectivity index (χ0) is 16.7. The number of likely N-dealkylation sites (N-methyl/N-ethyl adjacent to an activating group) is 1. The van der Waals surface area contributed by atoms with Crippen LogP contribution in [-0.2, 0) is 17.9 Å². The third kappa shape index (κ3) is 8.91. The standard InChI is InChI=1S/C19H26ClN2O.2ClH/c1-21(15-17-9-5-4-6-10-17)13-14-23-22(2,3)16-18-11-7-8-12-19(18)20;;/h4-12H,13-16H2,1-3H3;2*1H/q+1;;. The second-order valence-electron chi connectivity index (χ2n) is 6.38. The van der Waals surface area contributed by atoms with E-state index in [0.29, 0.717) is 11.3 Å². The number of hydroxylamine groups is 3. The molecule has 140 valence electrons. The fourth-order valence-electron chi connectivity index (χ4n) is 2.50. The number of quaternary nitrogens is 1. The Labute approximate surface area is 168 Å². The number of nitrogens with zero attached hydrogens (tertiary/aromatic N) is 2. The van der Waals surface area contributed by atoms with Crippen molar-refractivity contribution in [3.63, 3.8) is 0 Å². The van der Waals surface area contributed by atoms with Gasteiger partial charge in [0.25, 0.3) is 0 Å². The molecule has 0 heterocycles. The topological polar surface area (TPSA) is 12.5 Å². The second kappa shape index (κ2) is 11.7. The van der Waals surface area contributed by atoms with Gasteiger partial charge in [-0.05, 0) is 18.7 Å². The van der Waals surface area contributed by atoms with E-state index >= 15 is 0 Å². The Hall–Kier alpha value is -0.810. The summed E-state index contributed by atoms with van der Waals surface area (Å²) in [4.78, 5) is 8.30. The van der Waals surface area contributed by atoms with Gasteiger partial charge in [-0.2, -0.15) is 4.65 Å². The predicted molar refractivity (Wildman–Crippen MR) is 110 cm³/mol. The zero-order valence-corrected chi connectivity index (χ0v) is 17.4. The van der Waals surface area contributed by atoms with Crippen LogP contribution in [0.2, 0.25) is 5.02 Å². The average Bonchev–Trinajstić information content (AvgIpc) is 2.50. The molecular formula is C19H28Cl3N2O+. The molecule has 0 saturated carbocycles. The van der Waals surface area contributed by atoms with Gasteiger partial charge in [0.1, 0.15) is 13.2 Å². The van der Waals surface area contributed by atoms with Crippen LogP contribution < -0.4 is 0 Å². The first-order valence-electron chi connectivity index (χ1n) is 7.90. The van der Waals surface area contributed by atoms with E-state index in [2.05, 4.69) is 50.3 Å². The Bertz CT molecular complexity index is 609. The lowest BCUT2D eigenvalue weighted by Gasteiger charge is -2.28. The number of hydrogen-bond acceptors (Lipinski definition) is 2. The summed E-state index contributed by atoms with van der Waals surface area (Å²) in [7, 11) is 6.23. The van der Waals surface area contributed by atoms with Gasteiger partial charge in [0.2, 0.25) is 0 Å². The van der Waals surface area contributed by atoms with E-state index in [4.69, 9.17) is 16.4 Å². The van der Waals surface area contributed by atoms with Crippen molar-refractivity contribution in [1.29, 1.82) is 0 Å². The maximum absolute atomic E-state index is 6.23. The van der Waals surface area contributed by atoms with Crippen LogP contribution >= 0.6 is 36.4 Å². The summed E-state index contributed by atoms with van der Waals surface area (Å²) in [5.41, 5.74) is 2.43. The molecule has 0 bridgehead atoms. The monoisotopic (exact) mass is 405 g/mol. The van der Waals surface area contributed by atoms with Crippen molar-refractivity contribution in [3.05, 3.63) is 70.7 Å². The molecule has 0 unspecified atom stereocenters. The summed E-state index contributed by atoms with van der Waals surface area (Å²) in [5.74, 6) is 0. The van der Waals surface area contributed by atoms with Crippen LogP contribution in [0.5, 0.6) is 0 Å². The van der Waals surface area contributed by atoms with Gasteiger partial charge in [-0.3, -0.25) is 4.90 Å². The van der Waals surface area contributed by atoms with Gasteiger partial charge in [-0.1, -0.05) is 60.1 Å². The number of rotatable bonds is 8. The van der Waals surface area contributed by atoms with Crippen LogP contribution in [0, 0.1) is 0 Å². The van der Waals surface area contributed by atoms with Gasteiger partial charge < -0.3 is 0 Å². The molecule has 0 fully saturated rings. The van der Waals surface area contributed by atoms with Crippen molar-refractivity contribution in [3.8, 4) is 0 Å². The molecule has 0 radical (unpaired) electrons. The first-order valence-corrected chi connectivity index (χ1v) is 8.27.